The molecule has 0 aromatic heterocycles. The van der Waals surface area contributed by atoms with Gasteiger partial charge in [-0.05, 0) is 74.7 Å². The molecule has 3 rings (SSSR count). The van der Waals surface area contributed by atoms with E-state index < -0.39 is 28.9 Å². The molecule has 2 bridgehead atoms. The summed E-state index contributed by atoms with van der Waals surface area (Å²) in [7, 11) is 0. The molecule has 0 aromatic rings. The van der Waals surface area contributed by atoms with Crippen molar-refractivity contribution in [1.29, 1.82) is 0 Å². The molecule has 1 spiro atoms. The van der Waals surface area contributed by atoms with Crippen molar-refractivity contribution in [2.75, 3.05) is 0 Å². The van der Waals surface area contributed by atoms with Crippen LogP contribution in [-0.2, 0) is 9.59 Å². The molecular weight excluding hydrogens is 320 g/mol. The number of carboxylic acid groups (broad SMARTS) is 2. The zero-order valence-corrected chi connectivity index (χ0v) is 15.4. The summed E-state index contributed by atoms with van der Waals surface area (Å²) in [6.07, 6.45) is 3.38. The maximum absolute atomic E-state index is 11.9. The van der Waals surface area contributed by atoms with Crippen molar-refractivity contribution in [3.05, 3.63) is 12.2 Å². The molecule has 0 saturated heterocycles. The number of carboxylic acids is 2. The molecular formula is C20H30O5. The smallest absolute Gasteiger partial charge is 0.309 e. The summed E-state index contributed by atoms with van der Waals surface area (Å²) in [6, 6.07) is 0. The number of aliphatic hydroxyl groups excluding tert-OH is 1. The quantitative estimate of drug-likeness (QED) is 0.676. The van der Waals surface area contributed by atoms with E-state index in [-0.39, 0.29) is 23.7 Å². The van der Waals surface area contributed by atoms with Crippen LogP contribution in [0.25, 0.3) is 0 Å². The largest absolute Gasteiger partial charge is 0.481 e. The molecule has 0 unspecified atom stereocenters. The van der Waals surface area contributed by atoms with E-state index in [1.54, 1.807) is 13.8 Å². The van der Waals surface area contributed by atoms with Crippen molar-refractivity contribution >= 4 is 11.9 Å². The number of aliphatic carboxylic acids is 2. The highest BCUT2D eigenvalue weighted by molar-refractivity contribution is 5.75. The molecule has 3 aliphatic rings. The minimum absolute atomic E-state index is 0.0129. The maximum atomic E-state index is 11.9. The summed E-state index contributed by atoms with van der Waals surface area (Å²) < 4.78 is 0. The second kappa shape index (κ2) is 5.57. The van der Waals surface area contributed by atoms with Crippen molar-refractivity contribution in [3.63, 3.8) is 0 Å². The van der Waals surface area contributed by atoms with Crippen LogP contribution in [0.3, 0.4) is 0 Å². The lowest BCUT2D eigenvalue weighted by atomic mass is 9.43. The van der Waals surface area contributed by atoms with Crippen LogP contribution in [0.4, 0.5) is 0 Å². The zero-order chi connectivity index (χ0) is 18.8. The van der Waals surface area contributed by atoms with Crippen molar-refractivity contribution in [2.45, 2.75) is 65.4 Å². The zero-order valence-electron chi connectivity index (χ0n) is 15.4. The summed E-state index contributed by atoms with van der Waals surface area (Å²) >= 11 is 0. The van der Waals surface area contributed by atoms with Gasteiger partial charge in [0.2, 0.25) is 0 Å². The average molecular weight is 350 g/mol. The van der Waals surface area contributed by atoms with Gasteiger partial charge in [-0.3, -0.25) is 9.59 Å². The fourth-order valence-electron chi connectivity index (χ4n) is 6.86. The summed E-state index contributed by atoms with van der Waals surface area (Å²) in [5.41, 5.74) is -1.07. The molecule has 0 aromatic carbocycles. The second-order valence-electron chi connectivity index (χ2n) is 9.44. The van der Waals surface area contributed by atoms with Crippen molar-refractivity contribution in [3.8, 4) is 0 Å². The molecule has 0 heterocycles. The van der Waals surface area contributed by atoms with Crippen LogP contribution in [0.2, 0.25) is 0 Å². The molecule has 0 aliphatic heterocycles. The SMILES string of the molecule is C=C1[C@H]2CC[C@H]3[C@](C)(CC(=O)O)[C@H](C(C)(C)C(=O)O)CC[C@@]3(C2)[C@H]1O. The lowest BCUT2D eigenvalue weighted by Gasteiger charge is -2.60. The summed E-state index contributed by atoms with van der Waals surface area (Å²) in [4.78, 5) is 23.6. The van der Waals surface area contributed by atoms with Crippen LogP contribution >= 0.6 is 0 Å². The molecule has 5 heteroatoms. The molecule has 3 fully saturated rings. The molecule has 3 N–H and O–H groups in total. The highest BCUT2D eigenvalue weighted by Gasteiger charge is 2.66. The summed E-state index contributed by atoms with van der Waals surface area (Å²) in [5.74, 6) is -1.67. The Kier molecular flexibility index (Phi) is 4.10. The fourth-order valence-corrected chi connectivity index (χ4v) is 6.86. The third kappa shape index (κ3) is 2.38. The first kappa shape index (κ1) is 18.4. The van der Waals surface area contributed by atoms with Gasteiger partial charge in [0.1, 0.15) is 0 Å². The van der Waals surface area contributed by atoms with Crippen LogP contribution in [0.5, 0.6) is 0 Å². The minimum atomic E-state index is -0.997. The molecule has 0 amide bonds. The normalized spacial score (nSPS) is 43.6. The first-order valence-electron chi connectivity index (χ1n) is 9.29. The van der Waals surface area contributed by atoms with Crippen molar-refractivity contribution < 1.29 is 24.9 Å². The minimum Gasteiger partial charge on any atom is -0.481 e. The van der Waals surface area contributed by atoms with Gasteiger partial charge < -0.3 is 15.3 Å². The number of carbonyl (C=O) groups is 2. The van der Waals surface area contributed by atoms with E-state index in [0.29, 0.717) is 12.3 Å². The third-order valence-corrected chi connectivity index (χ3v) is 7.99. The van der Waals surface area contributed by atoms with Gasteiger partial charge in [0.25, 0.3) is 0 Å². The van der Waals surface area contributed by atoms with Crippen LogP contribution in [-0.4, -0.2) is 33.4 Å². The fraction of sp³-hybridized carbons (Fsp3) is 0.800. The molecule has 5 nitrogen and oxygen atoms in total. The third-order valence-electron chi connectivity index (χ3n) is 7.99. The number of hydrogen-bond donors (Lipinski definition) is 3. The first-order valence-corrected chi connectivity index (χ1v) is 9.29. The van der Waals surface area contributed by atoms with Gasteiger partial charge in [-0.15, -0.1) is 0 Å². The standard InChI is InChI=1S/C20H30O5/c1-11-12-5-6-14-19(4,10-15(21)22)13(18(2,3)17(24)25)7-8-20(14,9-12)16(11)23/h12-14,16,23H,1,5-10H2,2-4H3,(H,21,22)(H,24,25)/t12-,13-,14-,16-,19+,20-/m0/s1. The molecule has 0 radical (unpaired) electrons. The predicted molar refractivity (Wildman–Crippen MR) is 92.9 cm³/mol. The monoisotopic (exact) mass is 350 g/mol. The van der Waals surface area contributed by atoms with Gasteiger partial charge >= 0.3 is 11.9 Å². The van der Waals surface area contributed by atoms with Gasteiger partial charge in [-0.25, -0.2) is 0 Å². The topological polar surface area (TPSA) is 94.8 Å². The molecule has 6 atom stereocenters. The van der Waals surface area contributed by atoms with Crippen molar-refractivity contribution in [1.82, 2.24) is 0 Å². The van der Waals surface area contributed by atoms with Crippen LogP contribution in [0, 0.1) is 34.0 Å². The number of hydrogen-bond acceptors (Lipinski definition) is 3. The van der Waals surface area contributed by atoms with Crippen LogP contribution < -0.4 is 0 Å². The Hall–Kier alpha value is -1.36. The first-order chi connectivity index (χ1) is 11.5. The Bertz CT molecular complexity index is 624. The molecule has 3 aliphatic carbocycles. The summed E-state index contributed by atoms with van der Waals surface area (Å²) in [6.45, 7) is 9.49. The van der Waals surface area contributed by atoms with Gasteiger partial charge in [-0.1, -0.05) is 13.5 Å². The van der Waals surface area contributed by atoms with E-state index >= 15 is 0 Å². The number of rotatable bonds is 4. The Morgan fingerprint density at radius 1 is 1.24 bits per heavy atom. The Morgan fingerprint density at radius 2 is 1.88 bits per heavy atom. The average Bonchev–Trinajstić information content (AvgIpc) is 2.67. The van der Waals surface area contributed by atoms with E-state index in [4.69, 9.17) is 0 Å². The Morgan fingerprint density at radius 3 is 2.44 bits per heavy atom. The maximum Gasteiger partial charge on any atom is 0.309 e. The number of fused-ring (bicyclic) bond motifs is 1. The van der Waals surface area contributed by atoms with Gasteiger partial charge in [0.15, 0.2) is 0 Å². The molecule has 3 saturated carbocycles. The van der Waals surface area contributed by atoms with E-state index in [0.717, 1.165) is 31.3 Å². The van der Waals surface area contributed by atoms with Crippen LogP contribution in [0.1, 0.15) is 59.3 Å². The predicted octanol–water partition coefficient (Wildman–Crippen LogP) is 3.32. The van der Waals surface area contributed by atoms with E-state index in [1.165, 1.54) is 0 Å². The highest BCUT2D eigenvalue weighted by Crippen LogP contribution is 2.70. The van der Waals surface area contributed by atoms with Gasteiger partial charge in [0, 0.05) is 5.41 Å². The second-order valence-corrected chi connectivity index (χ2v) is 9.44. The lowest BCUT2D eigenvalue weighted by Crippen LogP contribution is -2.58. The van der Waals surface area contributed by atoms with Crippen molar-refractivity contribution in [2.24, 2.45) is 34.0 Å². The van der Waals surface area contributed by atoms with E-state index in [9.17, 15) is 24.9 Å². The Labute approximate surface area is 149 Å². The van der Waals surface area contributed by atoms with Crippen LogP contribution in [0.15, 0.2) is 12.2 Å². The summed E-state index contributed by atoms with van der Waals surface area (Å²) in [5, 5.41) is 30.3. The van der Waals surface area contributed by atoms with Gasteiger partial charge in [-0.2, -0.15) is 0 Å². The van der Waals surface area contributed by atoms with E-state index in [1.807, 2.05) is 6.92 Å². The highest BCUT2D eigenvalue weighted by atomic mass is 16.4. The Balaban J connectivity index is 2.09. The lowest BCUT2D eigenvalue weighted by molar-refractivity contribution is -0.181. The number of aliphatic hydroxyl groups is 1. The van der Waals surface area contributed by atoms with Gasteiger partial charge in [0.05, 0.1) is 17.9 Å². The van der Waals surface area contributed by atoms with E-state index in [2.05, 4.69) is 6.58 Å². The molecule has 25 heavy (non-hydrogen) atoms. The molecule has 140 valence electrons.